The third kappa shape index (κ3) is 5.31. The summed E-state index contributed by atoms with van der Waals surface area (Å²) in [7, 11) is 0. The Balaban J connectivity index is 0.00000102. The predicted molar refractivity (Wildman–Crippen MR) is 89.3 cm³/mol. The van der Waals surface area contributed by atoms with Crippen molar-refractivity contribution in [1.82, 2.24) is 4.98 Å². The molecule has 3 N–H and O–H groups in total. The van der Waals surface area contributed by atoms with Crippen LogP contribution in [0.1, 0.15) is 40.2 Å². The smallest absolute Gasteiger partial charge is 0.251 e. The minimum atomic E-state index is -0.450. The van der Waals surface area contributed by atoms with E-state index in [-0.39, 0.29) is 12.0 Å². The normalized spacial score (nSPS) is 10.8. The van der Waals surface area contributed by atoms with E-state index in [0.717, 1.165) is 5.39 Å². The molecule has 1 unspecified atom stereocenters. The summed E-state index contributed by atoms with van der Waals surface area (Å²) < 4.78 is 13.0. The number of benzene rings is 1. The monoisotopic (exact) mass is 308 g/mol. The lowest BCUT2D eigenvalue weighted by molar-refractivity contribution is -0.121. The Hall–Kier alpha value is -2.17. The zero-order valence-electron chi connectivity index (χ0n) is 13.9. The van der Waals surface area contributed by atoms with Gasteiger partial charge in [-0.05, 0) is 36.1 Å². The molecule has 2 rings (SSSR count). The molecule has 0 bridgehead atoms. The van der Waals surface area contributed by atoms with Gasteiger partial charge in [-0.2, -0.15) is 0 Å². The van der Waals surface area contributed by atoms with E-state index < -0.39 is 17.6 Å². The van der Waals surface area contributed by atoms with Crippen LogP contribution in [0.15, 0.2) is 29.1 Å². The molecule has 5 heteroatoms. The molecule has 0 radical (unpaired) electrons. The molecule has 0 aliphatic rings. The average Bonchev–Trinajstić information content (AvgIpc) is 2.52. The minimum Gasteiger partial charge on any atom is -0.369 e. The number of primary amides is 1. The number of nitrogens with one attached hydrogen (secondary N) is 1. The highest BCUT2D eigenvalue weighted by atomic mass is 19.1. The Morgan fingerprint density at radius 2 is 1.82 bits per heavy atom. The summed E-state index contributed by atoms with van der Waals surface area (Å²) in [4.78, 5) is 25.4. The van der Waals surface area contributed by atoms with E-state index in [1.165, 1.54) is 12.1 Å². The van der Waals surface area contributed by atoms with Gasteiger partial charge in [0, 0.05) is 11.5 Å². The van der Waals surface area contributed by atoms with Crippen LogP contribution in [0.25, 0.3) is 10.9 Å². The average molecular weight is 308 g/mol. The predicted octanol–water partition coefficient (Wildman–Crippen LogP) is 3.38. The van der Waals surface area contributed by atoms with Crippen molar-refractivity contribution in [2.75, 3.05) is 0 Å². The fourth-order valence-corrected chi connectivity index (χ4v) is 1.80. The van der Waals surface area contributed by atoms with Gasteiger partial charge in [-0.1, -0.05) is 34.6 Å². The molecule has 0 aliphatic heterocycles. The molecule has 0 saturated carbocycles. The van der Waals surface area contributed by atoms with Gasteiger partial charge >= 0.3 is 0 Å². The lowest BCUT2D eigenvalue weighted by atomic mass is 10.0. The third-order valence-corrected chi connectivity index (χ3v) is 2.90. The fourth-order valence-electron chi connectivity index (χ4n) is 1.80. The van der Waals surface area contributed by atoms with Crippen molar-refractivity contribution in [3.63, 3.8) is 0 Å². The number of hydrogen-bond donors (Lipinski definition) is 2. The van der Waals surface area contributed by atoms with E-state index in [1.807, 2.05) is 27.7 Å². The van der Waals surface area contributed by atoms with Crippen molar-refractivity contribution in [2.24, 2.45) is 11.7 Å². The van der Waals surface area contributed by atoms with E-state index in [0.29, 0.717) is 11.1 Å². The van der Waals surface area contributed by atoms with Crippen LogP contribution in [0.4, 0.5) is 4.39 Å². The Morgan fingerprint density at radius 3 is 2.36 bits per heavy atom. The first-order valence-corrected chi connectivity index (χ1v) is 7.58. The Bertz CT molecular complexity index is 665. The van der Waals surface area contributed by atoms with Gasteiger partial charge in [-0.15, -0.1) is 0 Å². The van der Waals surface area contributed by atoms with E-state index in [9.17, 15) is 14.0 Å². The lowest BCUT2D eigenvalue weighted by Gasteiger charge is -2.07. The Morgan fingerprint density at radius 1 is 1.23 bits per heavy atom. The number of carbonyl (C=O) groups is 1. The summed E-state index contributed by atoms with van der Waals surface area (Å²) in [5, 5.41) is 0.725. The van der Waals surface area contributed by atoms with Crippen LogP contribution in [-0.4, -0.2) is 10.9 Å². The highest BCUT2D eigenvalue weighted by Crippen LogP contribution is 2.14. The van der Waals surface area contributed by atoms with E-state index in [1.54, 1.807) is 19.1 Å². The fraction of sp³-hybridized carbons (Fsp3) is 0.412. The number of halogens is 1. The number of fused-ring (bicyclic) bond motifs is 1. The number of H-pyrrole nitrogens is 1. The first kappa shape index (κ1) is 19.8. The molecule has 4 nitrogen and oxygen atoms in total. The number of amides is 1. The quantitative estimate of drug-likeness (QED) is 0.912. The maximum Gasteiger partial charge on any atom is 0.251 e. The van der Waals surface area contributed by atoms with Gasteiger partial charge in [0.25, 0.3) is 5.56 Å². The highest BCUT2D eigenvalue weighted by molar-refractivity contribution is 5.79. The molecule has 2 aromatic rings. The lowest BCUT2D eigenvalue weighted by Crippen LogP contribution is -2.25. The molecule has 122 valence electrons. The maximum atomic E-state index is 13.0. The topological polar surface area (TPSA) is 75.9 Å². The van der Waals surface area contributed by atoms with Crippen LogP contribution >= 0.6 is 0 Å². The number of aromatic nitrogens is 1. The number of carbonyl (C=O) groups excluding carboxylic acids is 1. The molecule has 0 aliphatic carbocycles. The molecule has 1 heterocycles. The van der Waals surface area contributed by atoms with Gasteiger partial charge in [0.2, 0.25) is 5.91 Å². The largest absolute Gasteiger partial charge is 0.369 e. The van der Waals surface area contributed by atoms with Crippen molar-refractivity contribution in [3.05, 3.63) is 46.0 Å². The van der Waals surface area contributed by atoms with Crippen LogP contribution in [-0.2, 0) is 11.2 Å². The second-order valence-electron chi connectivity index (χ2n) is 4.36. The molecular formula is C17H25FN2O2. The van der Waals surface area contributed by atoms with Crippen LogP contribution in [0.2, 0.25) is 0 Å². The van der Waals surface area contributed by atoms with Crippen LogP contribution in [0.5, 0.6) is 0 Å². The number of pyridine rings is 1. The molecule has 0 saturated heterocycles. The number of hydrogen-bond acceptors (Lipinski definition) is 2. The summed E-state index contributed by atoms with van der Waals surface area (Å²) in [6.07, 6.45) is 0.276. The van der Waals surface area contributed by atoms with Crippen LogP contribution in [0.3, 0.4) is 0 Å². The molecule has 1 aromatic carbocycles. The zero-order chi connectivity index (χ0) is 17.3. The van der Waals surface area contributed by atoms with Gasteiger partial charge in [-0.25, -0.2) is 4.39 Å². The maximum absolute atomic E-state index is 13.0. The van der Waals surface area contributed by atoms with Crippen LogP contribution < -0.4 is 11.3 Å². The first-order valence-electron chi connectivity index (χ1n) is 7.58. The second kappa shape index (κ2) is 9.71. The van der Waals surface area contributed by atoms with Crippen molar-refractivity contribution < 1.29 is 9.18 Å². The molecule has 0 spiro atoms. The molecule has 22 heavy (non-hydrogen) atoms. The van der Waals surface area contributed by atoms with Gasteiger partial charge in [0.1, 0.15) is 5.82 Å². The Kier molecular flexibility index (Phi) is 8.75. The van der Waals surface area contributed by atoms with E-state index >= 15 is 0 Å². The van der Waals surface area contributed by atoms with Crippen LogP contribution in [0, 0.1) is 11.7 Å². The summed E-state index contributed by atoms with van der Waals surface area (Å²) in [6.45, 7) is 9.66. The number of nitrogens with two attached hydrogens (primary N) is 1. The third-order valence-electron chi connectivity index (χ3n) is 2.90. The summed E-state index contributed by atoms with van der Waals surface area (Å²) in [5.74, 6) is -1.27. The van der Waals surface area contributed by atoms with E-state index in [2.05, 4.69) is 4.98 Å². The first-order chi connectivity index (χ1) is 10.5. The molecule has 1 aromatic heterocycles. The summed E-state index contributed by atoms with van der Waals surface area (Å²) in [5.41, 5.74) is 5.76. The summed E-state index contributed by atoms with van der Waals surface area (Å²) in [6, 6.07) is 5.83. The number of aromatic amines is 1. The van der Waals surface area contributed by atoms with Crippen molar-refractivity contribution in [1.29, 1.82) is 0 Å². The van der Waals surface area contributed by atoms with E-state index in [4.69, 9.17) is 5.73 Å². The molecule has 1 amide bonds. The van der Waals surface area contributed by atoms with Gasteiger partial charge in [0.15, 0.2) is 0 Å². The van der Waals surface area contributed by atoms with Gasteiger partial charge < -0.3 is 10.7 Å². The molecule has 1 atom stereocenters. The standard InChI is InChI=1S/C13H13FN2O2.2C2H6/c1-7(12(15)17)4-9-5-8-2-3-10(14)6-11(8)16-13(9)18;2*1-2/h2-3,5-7H,4H2,1H3,(H2,15,17)(H,16,18);2*1-2H3. The highest BCUT2D eigenvalue weighted by Gasteiger charge is 2.12. The zero-order valence-corrected chi connectivity index (χ0v) is 13.9. The van der Waals surface area contributed by atoms with Crippen molar-refractivity contribution >= 4 is 16.8 Å². The SMILES string of the molecule is CC.CC.CC(Cc1cc2ccc(F)cc2[nH]c1=O)C(N)=O. The van der Waals surface area contributed by atoms with Crippen molar-refractivity contribution in [3.8, 4) is 0 Å². The number of rotatable bonds is 3. The summed E-state index contributed by atoms with van der Waals surface area (Å²) >= 11 is 0. The van der Waals surface area contributed by atoms with Gasteiger partial charge in [-0.3, -0.25) is 9.59 Å². The van der Waals surface area contributed by atoms with Gasteiger partial charge in [0.05, 0.1) is 5.52 Å². The Labute approximate surface area is 130 Å². The molecular weight excluding hydrogens is 283 g/mol. The second-order valence-corrected chi connectivity index (χ2v) is 4.36. The van der Waals surface area contributed by atoms with Crippen molar-refractivity contribution in [2.45, 2.75) is 41.0 Å². The molecule has 0 fully saturated rings. The minimum absolute atomic E-state index is 0.276.